The van der Waals surface area contributed by atoms with E-state index in [1.54, 1.807) is 12.3 Å². The number of amides is 1. The smallest absolute Gasteiger partial charge is 0.415 e. The maximum atomic E-state index is 12.7. The Hall–Kier alpha value is -2.56. The predicted molar refractivity (Wildman–Crippen MR) is 85.8 cm³/mol. The van der Waals surface area contributed by atoms with Crippen LogP contribution in [0.15, 0.2) is 42.6 Å². The number of anilines is 1. The van der Waals surface area contributed by atoms with E-state index in [0.29, 0.717) is 6.42 Å². The third-order valence-corrected chi connectivity index (χ3v) is 5.28. The fraction of sp³-hybridized carbons (Fsp3) is 0.333. The predicted octanol–water partition coefficient (Wildman–Crippen LogP) is 3.56. The van der Waals surface area contributed by atoms with Crippen molar-refractivity contribution >= 4 is 17.7 Å². The Kier molecular flexibility index (Phi) is 3.04. The van der Waals surface area contributed by atoms with Crippen molar-refractivity contribution in [3.05, 3.63) is 53.9 Å². The van der Waals surface area contributed by atoms with Gasteiger partial charge in [0.1, 0.15) is 0 Å². The topological polar surface area (TPSA) is 71.3 Å². The summed E-state index contributed by atoms with van der Waals surface area (Å²) in [6.45, 7) is 0. The van der Waals surface area contributed by atoms with Crippen LogP contribution in [0.1, 0.15) is 42.9 Å². The molecule has 1 saturated carbocycles. The summed E-state index contributed by atoms with van der Waals surface area (Å²) in [6.07, 6.45) is 3.90. The lowest BCUT2D eigenvalue weighted by molar-refractivity contribution is -0.122. The van der Waals surface area contributed by atoms with Crippen molar-refractivity contribution in [2.24, 2.45) is 0 Å². The highest BCUT2D eigenvalue weighted by Gasteiger charge is 2.49. The van der Waals surface area contributed by atoms with Gasteiger partial charge < -0.3 is 10.4 Å². The number of rotatable bonds is 1. The average molecular weight is 310 g/mol. The number of fused-ring (bicyclic) bond motifs is 2. The van der Waals surface area contributed by atoms with Crippen molar-refractivity contribution < 1.29 is 14.7 Å². The number of carbonyl (C=O) groups is 2. The van der Waals surface area contributed by atoms with E-state index in [0.717, 1.165) is 36.2 Å². The second-order valence-corrected chi connectivity index (χ2v) is 6.46. The van der Waals surface area contributed by atoms with Gasteiger partial charge in [-0.1, -0.05) is 24.6 Å². The van der Waals surface area contributed by atoms with Crippen molar-refractivity contribution in [1.82, 2.24) is 4.57 Å². The molecule has 2 atom stereocenters. The van der Waals surface area contributed by atoms with Gasteiger partial charge in [0, 0.05) is 23.5 Å². The van der Waals surface area contributed by atoms with E-state index in [1.165, 1.54) is 4.57 Å². The normalized spacial score (nSPS) is 26.1. The first kappa shape index (κ1) is 14.1. The van der Waals surface area contributed by atoms with Gasteiger partial charge in [-0.3, -0.25) is 9.36 Å². The molecule has 2 N–H and O–H groups in total. The van der Waals surface area contributed by atoms with Crippen LogP contribution in [0.5, 0.6) is 0 Å². The zero-order valence-corrected chi connectivity index (χ0v) is 12.7. The van der Waals surface area contributed by atoms with Crippen LogP contribution in [0.4, 0.5) is 10.5 Å². The molecule has 1 fully saturated rings. The van der Waals surface area contributed by atoms with E-state index in [9.17, 15) is 14.7 Å². The van der Waals surface area contributed by atoms with Crippen molar-refractivity contribution in [2.45, 2.75) is 37.0 Å². The van der Waals surface area contributed by atoms with Gasteiger partial charge in [-0.2, -0.15) is 0 Å². The Bertz CT molecular complexity index is 795. The number of carboxylic acid groups (broad SMARTS) is 1. The van der Waals surface area contributed by atoms with Crippen LogP contribution in [0.25, 0.3) is 0 Å². The molecule has 23 heavy (non-hydrogen) atoms. The average Bonchev–Trinajstić information content (AvgIpc) is 3.13. The number of hydrogen-bond donors (Lipinski definition) is 2. The summed E-state index contributed by atoms with van der Waals surface area (Å²) in [6, 6.07) is 11.5. The van der Waals surface area contributed by atoms with Gasteiger partial charge in [0.15, 0.2) is 0 Å². The Balaban J connectivity index is 1.74. The van der Waals surface area contributed by atoms with Gasteiger partial charge in [-0.25, -0.2) is 4.79 Å². The molecule has 5 heteroatoms. The van der Waals surface area contributed by atoms with Crippen LogP contribution >= 0.6 is 0 Å². The molecule has 2 heterocycles. The quantitative estimate of drug-likeness (QED) is 0.846. The van der Waals surface area contributed by atoms with Gasteiger partial charge in [0.25, 0.3) is 0 Å². The summed E-state index contributed by atoms with van der Waals surface area (Å²) in [5.41, 5.74) is 2.22. The summed E-state index contributed by atoms with van der Waals surface area (Å²) in [7, 11) is 0. The molecule has 118 valence electrons. The minimum Gasteiger partial charge on any atom is -0.464 e. The summed E-state index contributed by atoms with van der Waals surface area (Å²) in [5, 5.41) is 12.3. The number of nitrogens with zero attached hydrogens (tertiary/aromatic N) is 1. The van der Waals surface area contributed by atoms with Crippen molar-refractivity contribution in [3.8, 4) is 0 Å². The molecular formula is C18H18N2O3. The summed E-state index contributed by atoms with van der Waals surface area (Å²) < 4.78 is 1.28. The van der Waals surface area contributed by atoms with E-state index in [2.05, 4.69) is 5.32 Å². The maximum absolute atomic E-state index is 12.7. The Morgan fingerprint density at radius 2 is 2.09 bits per heavy atom. The van der Waals surface area contributed by atoms with Crippen LogP contribution in [0.3, 0.4) is 0 Å². The zero-order chi connectivity index (χ0) is 16.0. The van der Waals surface area contributed by atoms with Crippen molar-refractivity contribution in [2.75, 3.05) is 5.32 Å². The minimum atomic E-state index is -0.971. The molecule has 2 aliphatic rings. The number of hydrogen-bond acceptors (Lipinski definition) is 2. The number of para-hydroxylation sites is 1. The largest absolute Gasteiger partial charge is 0.464 e. The summed E-state index contributed by atoms with van der Waals surface area (Å²) in [5.74, 6) is 0.128. The monoisotopic (exact) mass is 310 g/mol. The van der Waals surface area contributed by atoms with Crippen molar-refractivity contribution in [3.63, 3.8) is 0 Å². The lowest BCUT2D eigenvalue weighted by Gasteiger charge is -2.36. The molecule has 0 saturated heterocycles. The Labute approximate surface area is 133 Å². The first-order valence-corrected chi connectivity index (χ1v) is 7.93. The molecule has 2 unspecified atom stereocenters. The van der Waals surface area contributed by atoms with Crippen LogP contribution in [0, 0.1) is 0 Å². The number of carbonyl (C=O) groups excluding carboxylic acids is 1. The number of benzene rings is 1. The molecule has 4 rings (SSSR count). The van der Waals surface area contributed by atoms with E-state index in [1.807, 2.05) is 30.3 Å². The molecule has 1 amide bonds. The number of aromatic nitrogens is 1. The lowest BCUT2D eigenvalue weighted by Crippen LogP contribution is -2.39. The molecule has 5 nitrogen and oxygen atoms in total. The molecule has 0 bridgehead atoms. The molecule has 1 aromatic heterocycles. The standard InChI is InChI=1S/C18H18N2O3/c21-16-18(13-6-1-2-7-14(13)19-16)9-3-5-12(11-18)15-8-4-10-20(15)17(22)23/h1-2,4,6-8,10,12H,3,5,9,11H2,(H,19,21)(H,22,23). The summed E-state index contributed by atoms with van der Waals surface area (Å²) in [4.78, 5) is 24.1. The van der Waals surface area contributed by atoms with Crippen molar-refractivity contribution in [1.29, 1.82) is 0 Å². The lowest BCUT2D eigenvalue weighted by atomic mass is 9.66. The Morgan fingerprint density at radius 1 is 1.26 bits per heavy atom. The molecule has 1 aliphatic heterocycles. The summed E-state index contributed by atoms with van der Waals surface area (Å²) >= 11 is 0. The van der Waals surface area contributed by atoms with E-state index in [-0.39, 0.29) is 11.8 Å². The van der Waals surface area contributed by atoms with Crippen LogP contribution in [-0.2, 0) is 10.2 Å². The first-order valence-electron chi connectivity index (χ1n) is 7.93. The third kappa shape index (κ3) is 2.00. The molecule has 1 aliphatic carbocycles. The molecule has 2 aromatic rings. The molecule has 1 aromatic carbocycles. The number of nitrogens with one attached hydrogen (secondary N) is 1. The van der Waals surface area contributed by atoms with Crippen LogP contribution in [0.2, 0.25) is 0 Å². The van der Waals surface area contributed by atoms with Gasteiger partial charge in [-0.05, 0) is 43.0 Å². The second kappa shape index (κ2) is 4.98. The molecular weight excluding hydrogens is 292 g/mol. The zero-order valence-electron chi connectivity index (χ0n) is 12.7. The SMILES string of the molecule is O=C(O)n1cccc1C1CCCC2(C1)C(=O)Nc1ccccc12. The fourth-order valence-electron chi connectivity index (χ4n) is 4.25. The third-order valence-electron chi connectivity index (χ3n) is 5.28. The van der Waals surface area contributed by atoms with E-state index in [4.69, 9.17) is 0 Å². The van der Waals surface area contributed by atoms with Crippen LogP contribution in [-0.4, -0.2) is 21.7 Å². The highest BCUT2D eigenvalue weighted by atomic mass is 16.4. The second-order valence-electron chi connectivity index (χ2n) is 6.46. The van der Waals surface area contributed by atoms with Gasteiger partial charge in [0.05, 0.1) is 5.41 Å². The first-order chi connectivity index (χ1) is 11.1. The molecule has 0 radical (unpaired) electrons. The fourth-order valence-corrected chi connectivity index (χ4v) is 4.25. The maximum Gasteiger partial charge on any atom is 0.415 e. The van der Waals surface area contributed by atoms with Crippen LogP contribution < -0.4 is 5.32 Å². The van der Waals surface area contributed by atoms with E-state index < -0.39 is 11.5 Å². The molecule has 1 spiro atoms. The van der Waals surface area contributed by atoms with Gasteiger partial charge in [-0.15, -0.1) is 0 Å². The minimum absolute atomic E-state index is 0.0526. The van der Waals surface area contributed by atoms with Gasteiger partial charge >= 0.3 is 6.09 Å². The van der Waals surface area contributed by atoms with Gasteiger partial charge in [0.2, 0.25) is 5.91 Å². The highest BCUT2D eigenvalue weighted by molar-refractivity contribution is 6.06. The van der Waals surface area contributed by atoms with E-state index >= 15 is 0 Å². The Morgan fingerprint density at radius 3 is 2.91 bits per heavy atom. The highest BCUT2D eigenvalue weighted by Crippen LogP contribution is 2.51.